The number of benzene rings is 1. The molecular weight excluding hydrogens is 326 g/mol. The highest BCUT2D eigenvalue weighted by Crippen LogP contribution is 2.26. The van der Waals surface area contributed by atoms with Crippen molar-refractivity contribution in [1.82, 2.24) is 0 Å². The number of hydrogen-bond acceptors (Lipinski definition) is 5. The van der Waals surface area contributed by atoms with Gasteiger partial charge in [-0.25, -0.2) is 8.78 Å². The van der Waals surface area contributed by atoms with Gasteiger partial charge in [0.1, 0.15) is 0 Å². The minimum absolute atomic E-state index is 0.0401. The van der Waals surface area contributed by atoms with Crippen molar-refractivity contribution in [3.63, 3.8) is 0 Å². The third kappa shape index (κ3) is 4.00. The molecule has 1 heterocycles. The summed E-state index contributed by atoms with van der Waals surface area (Å²) < 4.78 is 31.3. The number of pyridine rings is 1. The minimum Gasteiger partial charge on any atom is -0.616 e. The Morgan fingerprint density at radius 2 is 2.04 bits per heavy atom. The van der Waals surface area contributed by atoms with Gasteiger partial charge in [-0.15, -0.1) is 4.73 Å². The standard InChI is InChI=1S/C15H12F2N2O5/c1-15(16,17)11-5-6-14(18(21)8-11)24-9-13(20)10-3-2-4-12(7-10)19(22)23/h2-8H,9H2,1H3. The number of halogens is 2. The fraction of sp³-hybridized carbons (Fsp3) is 0.200. The first kappa shape index (κ1) is 17.3. The zero-order valence-corrected chi connectivity index (χ0v) is 12.4. The van der Waals surface area contributed by atoms with Crippen LogP contribution >= 0.6 is 0 Å². The fourth-order valence-electron chi connectivity index (χ4n) is 1.85. The van der Waals surface area contributed by atoms with Crippen molar-refractivity contribution in [3.05, 3.63) is 69.0 Å². The summed E-state index contributed by atoms with van der Waals surface area (Å²) in [5.74, 6) is -4.10. The highest BCUT2D eigenvalue weighted by Gasteiger charge is 2.28. The molecule has 0 fully saturated rings. The summed E-state index contributed by atoms with van der Waals surface area (Å²) in [6.45, 7) is 0.0833. The number of non-ortho nitro benzene ring substituents is 1. The number of carbonyl (C=O) groups excluding carboxylic acids is 1. The van der Waals surface area contributed by atoms with E-state index in [-0.39, 0.29) is 21.9 Å². The van der Waals surface area contributed by atoms with Crippen molar-refractivity contribution in [1.29, 1.82) is 0 Å². The number of carbonyl (C=O) groups is 1. The molecule has 0 N–H and O–H groups in total. The highest BCUT2D eigenvalue weighted by molar-refractivity contribution is 5.97. The first-order valence-corrected chi connectivity index (χ1v) is 6.70. The monoisotopic (exact) mass is 338 g/mol. The molecule has 0 spiro atoms. The van der Waals surface area contributed by atoms with Gasteiger partial charge in [-0.3, -0.25) is 14.9 Å². The molecule has 1 aromatic heterocycles. The van der Waals surface area contributed by atoms with E-state index in [2.05, 4.69) is 0 Å². The summed E-state index contributed by atoms with van der Waals surface area (Å²) in [5.41, 5.74) is -0.706. The maximum atomic E-state index is 13.1. The highest BCUT2D eigenvalue weighted by atomic mass is 19.3. The van der Waals surface area contributed by atoms with Gasteiger partial charge >= 0.3 is 5.88 Å². The number of rotatable bonds is 6. The van der Waals surface area contributed by atoms with E-state index >= 15 is 0 Å². The third-order valence-corrected chi connectivity index (χ3v) is 3.12. The van der Waals surface area contributed by atoms with Crippen LogP contribution in [0.15, 0.2) is 42.6 Å². The van der Waals surface area contributed by atoms with Crippen LogP contribution in [-0.2, 0) is 5.92 Å². The summed E-state index contributed by atoms with van der Waals surface area (Å²) in [6.07, 6.45) is 0.660. The van der Waals surface area contributed by atoms with Gasteiger partial charge in [0.25, 0.3) is 11.6 Å². The van der Waals surface area contributed by atoms with Crippen molar-refractivity contribution < 1.29 is 28.0 Å². The summed E-state index contributed by atoms with van der Waals surface area (Å²) in [4.78, 5) is 22.0. The Balaban J connectivity index is 2.09. The van der Waals surface area contributed by atoms with Gasteiger partial charge in [0, 0.05) is 24.6 Å². The maximum Gasteiger partial charge on any atom is 0.379 e. The lowest BCUT2D eigenvalue weighted by molar-refractivity contribution is -0.613. The van der Waals surface area contributed by atoms with E-state index < -0.39 is 28.8 Å². The molecular formula is C15H12F2N2O5. The van der Waals surface area contributed by atoms with Gasteiger partial charge in [-0.2, -0.15) is 0 Å². The van der Waals surface area contributed by atoms with Gasteiger partial charge in [-0.1, -0.05) is 12.1 Å². The minimum atomic E-state index is -3.18. The molecule has 0 saturated carbocycles. The SMILES string of the molecule is CC(F)(F)c1ccc(OCC(=O)c2cccc([N+](=O)[O-])c2)[n+]([O-])c1. The van der Waals surface area contributed by atoms with Gasteiger partial charge < -0.3 is 9.94 Å². The van der Waals surface area contributed by atoms with E-state index in [0.29, 0.717) is 13.1 Å². The van der Waals surface area contributed by atoms with Crippen LogP contribution in [0.1, 0.15) is 22.8 Å². The van der Waals surface area contributed by atoms with E-state index in [9.17, 15) is 28.9 Å². The number of nitrogens with zero attached hydrogens (tertiary/aromatic N) is 2. The molecule has 2 rings (SSSR count). The predicted octanol–water partition coefficient (Wildman–Crippen LogP) is 2.60. The number of hydrogen-bond donors (Lipinski definition) is 0. The van der Waals surface area contributed by atoms with Crippen LogP contribution in [0.5, 0.6) is 5.88 Å². The number of alkyl halides is 2. The van der Waals surface area contributed by atoms with E-state index in [1.807, 2.05) is 0 Å². The second-order valence-electron chi connectivity index (χ2n) is 4.99. The Morgan fingerprint density at radius 1 is 1.33 bits per heavy atom. The van der Waals surface area contributed by atoms with Crippen molar-refractivity contribution in [2.24, 2.45) is 0 Å². The van der Waals surface area contributed by atoms with Crippen molar-refractivity contribution in [3.8, 4) is 5.88 Å². The molecule has 0 radical (unpaired) electrons. The van der Waals surface area contributed by atoms with E-state index in [4.69, 9.17) is 4.74 Å². The molecule has 0 aliphatic carbocycles. The zero-order chi connectivity index (χ0) is 17.9. The maximum absolute atomic E-state index is 13.1. The van der Waals surface area contributed by atoms with E-state index in [0.717, 1.165) is 18.2 Å². The molecule has 0 aliphatic rings. The van der Waals surface area contributed by atoms with Gasteiger partial charge in [-0.05, 0) is 6.07 Å². The lowest BCUT2D eigenvalue weighted by Gasteiger charge is -2.11. The Labute approximate surface area is 134 Å². The van der Waals surface area contributed by atoms with Gasteiger partial charge in [0.15, 0.2) is 12.8 Å². The second kappa shape index (κ2) is 6.57. The molecule has 0 unspecified atom stereocenters. The molecule has 126 valence electrons. The molecule has 1 aromatic carbocycles. The molecule has 2 aromatic rings. The normalized spacial score (nSPS) is 11.1. The van der Waals surface area contributed by atoms with Gasteiger partial charge in [0.2, 0.25) is 5.78 Å². The second-order valence-corrected chi connectivity index (χ2v) is 4.99. The smallest absolute Gasteiger partial charge is 0.379 e. The first-order valence-electron chi connectivity index (χ1n) is 6.70. The topological polar surface area (TPSA) is 96.4 Å². The summed E-state index contributed by atoms with van der Waals surface area (Å²) in [5, 5.41) is 22.3. The molecule has 0 amide bonds. The number of ether oxygens (including phenoxy) is 1. The number of nitro groups is 1. The average Bonchev–Trinajstić information content (AvgIpc) is 2.52. The summed E-state index contributed by atoms with van der Waals surface area (Å²) >= 11 is 0. The zero-order valence-electron chi connectivity index (χ0n) is 12.4. The molecule has 0 saturated heterocycles. The lowest BCUT2D eigenvalue weighted by atomic mass is 10.1. The van der Waals surface area contributed by atoms with Crippen LogP contribution in [0.4, 0.5) is 14.5 Å². The molecule has 0 atom stereocenters. The number of aromatic nitrogens is 1. The van der Waals surface area contributed by atoms with E-state index in [1.54, 1.807) is 0 Å². The summed E-state index contributed by atoms with van der Waals surface area (Å²) in [6, 6.07) is 7.06. The number of Topliss-reactive ketones (excluding diaryl/α,β-unsaturated/α-hetero) is 1. The first-order chi connectivity index (χ1) is 11.2. The van der Waals surface area contributed by atoms with E-state index in [1.165, 1.54) is 18.2 Å². The average molecular weight is 338 g/mol. The Morgan fingerprint density at radius 3 is 2.62 bits per heavy atom. The third-order valence-electron chi connectivity index (χ3n) is 3.12. The molecule has 0 aliphatic heterocycles. The number of nitro benzene ring substituents is 1. The Kier molecular flexibility index (Phi) is 4.72. The van der Waals surface area contributed by atoms with Crippen LogP contribution < -0.4 is 9.47 Å². The summed E-state index contributed by atoms with van der Waals surface area (Å²) in [7, 11) is 0. The van der Waals surface area contributed by atoms with Crippen molar-refractivity contribution >= 4 is 11.5 Å². The fourth-order valence-corrected chi connectivity index (χ4v) is 1.85. The Bertz CT molecular complexity index is 790. The predicted molar refractivity (Wildman–Crippen MR) is 77.9 cm³/mol. The molecule has 9 heteroatoms. The van der Waals surface area contributed by atoms with Crippen molar-refractivity contribution in [2.45, 2.75) is 12.8 Å². The van der Waals surface area contributed by atoms with Crippen LogP contribution in [0, 0.1) is 15.3 Å². The quantitative estimate of drug-likeness (QED) is 0.265. The van der Waals surface area contributed by atoms with Crippen LogP contribution in [0.25, 0.3) is 0 Å². The van der Waals surface area contributed by atoms with Crippen LogP contribution in [0.2, 0.25) is 0 Å². The number of ketones is 1. The largest absolute Gasteiger partial charge is 0.616 e. The molecule has 7 nitrogen and oxygen atoms in total. The lowest BCUT2D eigenvalue weighted by Crippen LogP contribution is -2.31. The molecule has 0 bridgehead atoms. The van der Waals surface area contributed by atoms with Crippen LogP contribution in [-0.4, -0.2) is 17.3 Å². The Hall–Kier alpha value is -3.10. The van der Waals surface area contributed by atoms with Crippen LogP contribution in [0.3, 0.4) is 0 Å². The molecule has 24 heavy (non-hydrogen) atoms. The van der Waals surface area contributed by atoms with Gasteiger partial charge in [0.05, 0.1) is 16.6 Å². The van der Waals surface area contributed by atoms with Crippen molar-refractivity contribution in [2.75, 3.05) is 6.61 Å².